The van der Waals surface area contributed by atoms with E-state index in [-0.39, 0.29) is 10.9 Å². The first-order chi connectivity index (χ1) is 8.61. The number of benzene rings is 1. The fourth-order valence-electron chi connectivity index (χ4n) is 1.62. The first-order valence-electron chi connectivity index (χ1n) is 5.25. The lowest BCUT2D eigenvalue weighted by molar-refractivity contribution is 0.103. The predicted molar refractivity (Wildman–Crippen MR) is 73.7 cm³/mol. The van der Waals surface area contributed by atoms with Crippen molar-refractivity contribution in [1.82, 2.24) is 4.98 Å². The summed E-state index contributed by atoms with van der Waals surface area (Å²) < 4.78 is 0. The average Bonchev–Trinajstić information content (AvgIpc) is 2.38. The minimum Gasteiger partial charge on any atom is -0.388 e. The summed E-state index contributed by atoms with van der Waals surface area (Å²) in [5.41, 5.74) is 1.71. The van der Waals surface area contributed by atoms with Gasteiger partial charge in [-0.15, -0.1) is 0 Å². The van der Waals surface area contributed by atoms with Crippen molar-refractivity contribution in [3.8, 4) is 0 Å². The molecule has 0 aliphatic rings. The summed E-state index contributed by atoms with van der Waals surface area (Å²) in [7, 11) is 1.75. The summed E-state index contributed by atoms with van der Waals surface area (Å²) in [5, 5.41) is 3.76. The van der Waals surface area contributed by atoms with Crippen LogP contribution in [0.5, 0.6) is 0 Å². The Kier molecular flexibility index (Phi) is 3.84. The third-order valence-corrected chi connectivity index (χ3v) is 2.93. The van der Waals surface area contributed by atoms with Gasteiger partial charge in [-0.3, -0.25) is 4.79 Å². The van der Waals surface area contributed by atoms with E-state index in [0.717, 1.165) is 5.69 Å². The number of aromatic nitrogens is 1. The van der Waals surface area contributed by atoms with E-state index >= 15 is 0 Å². The van der Waals surface area contributed by atoms with Crippen molar-refractivity contribution >= 4 is 34.7 Å². The molecule has 1 N–H and O–H groups in total. The Balaban J connectivity index is 2.48. The van der Waals surface area contributed by atoms with Crippen LogP contribution in [0.25, 0.3) is 0 Å². The van der Waals surface area contributed by atoms with Gasteiger partial charge >= 0.3 is 0 Å². The highest BCUT2D eigenvalue weighted by Gasteiger charge is 2.14. The molecule has 0 atom stereocenters. The van der Waals surface area contributed by atoms with Crippen LogP contribution in [0, 0.1) is 0 Å². The molecule has 2 aromatic rings. The Hall–Kier alpha value is -1.58. The van der Waals surface area contributed by atoms with Gasteiger partial charge in [-0.1, -0.05) is 23.2 Å². The summed E-state index contributed by atoms with van der Waals surface area (Å²) >= 11 is 11.7. The maximum Gasteiger partial charge on any atom is 0.195 e. The van der Waals surface area contributed by atoms with Crippen LogP contribution in [-0.2, 0) is 0 Å². The zero-order valence-electron chi connectivity index (χ0n) is 9.58. The van der Waals surface area contributed by atoms with Crippen LogP contribution in [0.4, 0.5) is 5.69 Å². The van der Waals surface area contributed by atoms with Crippen molar-refractivity contribution in [2.45, 2.75) is 0 Å². The second-order valence-electron chi connectivity index (χ2n) is 3.64. The molecule has 3 nitrogen and oxygen atoms in total. The number of hydrogen-bond acceptors (Lipinski definition) is 3. The van der Waals surface area contributed by atoms with E-state index in [1.807, 2.05) is 0 Å². The third-order valence-electron chi connectivity index (χ3n) is 2.48. The zero-order valence-corrected chi connectivity index (χ0v) is 11.1. The van der Waals surface area contributed by atoms with Crippen LogP contribution >= 0.6 is 23.2 Å². The Bertz CT molecular complexity index is 599. The SMILES string of the molecule is CNc1ccc(Cl)cc1C(=O)c1ccnc(Cl)c1. The Morgan fingerprint density at radius 2 is 2.00 bits per heavy atom. The number of hydrogen-bond donors (Lipinski definition) is 1. The van der Waals surface area contributed by atoms with Gasteiger partial charge in [-0.25, -0.2) is 4.98 Å². The maximum atomic E-state index is 12.3. The van der Waals surface area contributed by atoms with E-state index in [9.17, 15) is 4.79 Å². The maximum absolute atomic E-state index is 12.3. The van der Waals surface area contributed by atoms with Gasteiger partial charge in [0, 0.05) is 35.1 Å². The molecule has 0 aliphatic carbocycles. The summed E-state index contributed by atoms with van der Waals surface area (Å²) in [5.74, 6) is -0.147. The molecule has 0 unspecified atom stereocenters. The standard InChI is InChI=1S/C13H10Cl2N2O/c1-16-11-3-2-9(14)7-10(11)13(18)8-4-5-17-12(15)6-8/h2-7,16H,1H3. The molecule has 0 bridgehead atoms. The molecule has 92 valence electrons. The van der Waals surface area contributed by atoms with Gasteiger partial charge in [0.25, 0.3) is 0 Å². The molecule has 0 fully saturated rings. The fourth-order valence-corrected chi connectivity index (χ4v) is 1.97. The van der Waals surface area contributed by atoms with Gasteiger partial charge < -0.3 is 5.32 Å². The highest BCUT2D eigenvalue weighted by molar-refractivity contribution is 6.31. The van der Waals surface area contributed by atoms with E-state index in [2.05, 4.69) is 10.3 Å². The molecular weight excluding hydrogens is 271 g/mol. The fraction of sp³-hybridized carbons (Fsp3) is 0.0769. The van der Waals surface area contributed by atoms with Crippen molar-refractivity contribution in [3.63, 3.8) is 0 Å². The van der Waals surface area contributed by atoms with Gasteiger partial charge in [0.2, 0.25) is 0 Å². The van der Waals surface area contributed by atoms with Crippen LogP contribution in [0.3, 0.4) is 0 Å². The van der Waals surface area contributed by atoms with Crippen molar-refractivity contribution in [3.05, 3.63) is 57.8 Å². The average molecular weight is 281 g/mol. The van der Waals surface area contributed by atoms with Crippen molar-refractivity contribution in [1.29, 1.82) is 0 Å². The molecule has 0 saturated heterocycles. The summed E-state index contributed by atoms with van der Waals surface area (Å²) in [6.45, 7) is 0. The number of rotatable bonds is 3. The number of pyridine rings is 1. The second kappa shape index (κ2) is 5.38. The number of nitrogens with one attached hydrogen (secondary N) is 1. The lowest BCUT2D eigenvalue weighted by atomic mass is 10.0. The summed E-state index contributed by atoms with van der Waals surface area (Å²) in [6, 6.07) is 8.27. The van der Waals surface area contributed by atoms with Crippen molar-refractivity contribution < 1.29 is 4.79 Å². The van der Waals surface area contributed by atoms with Crippen LogP contribution in [0.15, 0.2) is 36.5 Å². The number of ketones is 1. The van der Waals surface area contributed by atoms with Crippen molar-refractivity contribution in [2.75, 3.05) is 12.4 Å². The zero-order chi connectivity index (χ0) is 13.1. The number of carbonyl (C=O) groups is 1. The van der Waals surface area contributed by atoms with Crippen LogP contribution < -0.4 is 5.32 Å². The molecule has 0 amide bonds. The molecule has 5 heteroatoms. The first kappa shape index (κ1) is 12.9. The molecule has 1 aromatic heterocycles. The van der Waals surface area contributed by atoms with Gasteiger partial charge in [-0.05, 0) is 30.3 Å². The molecule has 0 spiro atoms. The number of carbonyl (C=O) groups excluding carboxylic acids is 1. The topological polar surface area (TPSA) is 42.0 Å². The van der Waals surface area contributed by atoms with Gasteiger partial charge in [-0.2, -0.15) is 0 Å². The summed E-state index contributed by atoms with van der Waals surface area (Å²) in [4.78, 5) is 16.2. The summed E-state index contributed by atoms with van der Waals surface area (Å²) in [6.07, 6.45) is 1.50. The van der Waals surface area contributed by atoms with Crippen LogP contribution in [-0.4, -0.2) is 17.8 Å². The molecule has 1 aromatic carbocycles. The Morgan fingerprint density at radius 3 is 2.67 bits per heavy atom. The minimum atomic E-state index is -0.147. The minimum absolute atomic E-state index is 0.147. The van der Waals surface area contributed by atoms with Gasteiger partial charge in [0.1, 0.15) is 5.15 Å². The van der Waals surface area contributed by atoms with Gasteiger partial charge in [0.05, 0.1) is 0 Å². The van der Waals surface area contributed by atoms with Crippen LogP contribution in [0.1, 0.15) is 15.9 Å². The quantitative estimate of drug-likeness (QED) is 0.689. The van der Waals surface area contributed by atoms with Crippen molar-refractivity contribution in [2.24, 2.45) is 0 Å². The largest absolute Gasteiger partial charge is 0.388 e. The van der Waals surface area contributed by atoms with Crippen LogP contribution in [0.2, 0.25) is 10.2 Å². The highest BCUT2D eigenvalue weighted by Crippen LogP contribution is 2.23. The molecule has 1 heterocycles. The highest BCUT2D eigenvalue weighted by atomic mass is 35.5. The molecule has 2 rings (SSSR count). The van der Waals surface area contributed by atoms with E-state index in [0.29, 0.717) is 16.1 Å². The Morgan fingerprint density at radius 1 is 1.22 bits per heavy atom. The number of halogens is 2. The van der Waals surface area contributed by atoms with E-state index in [1.165, 1.54) is 12.3 Å². The molecule has 0 saturated carbocycles. The molecule has 0 radical (unpaired) electrons. The lowest BCUT2D eigenvalue weighted by Crippen LogP contribution is -2.05. The number of anilines is 1. The predicted octanol–water partition coefficient (Wildman–Crippen LogP) is 3.66. The van der Waals surface area contributed by atoms with E-state index in [4.69, 9.17) is 23.2 Å². The molecular formula is C13H10Cl2N2O. The Labute approximate surface area is 115 Å². The third kappa shape index (κ3) is 2.63. The smallest absolute Gasteiger partial charge is 0.195 e. The second-order valence-corrected chi connectivity index (χ2v) is 4.46. The van der Waals surface area contributed by atoms with Gasteiger partial charge in [0.15, 0.2) is 5.78 Å². The van der Waals surface area contributed by atoms with E-state index < -0.39 is 0 Å². The lowest BCUT2D eigenvalue weighted by Gasteiger charge is -2.08. The monoisotopic (exact) mass is 280 g/mol. The molecule has 0 aliphatic heterocycles. The first-order valence-corrected chi connectivity index (χ1v) is 6.01. The normalized spacial score (nSPS) is 10.2. The molecule has 18 heavy (non-hydrogen) atoms. The number of nitrogens with zero attached hydrogens (tertiary/aromatic N) is 1. The van der Waals surface area contributed by atoms with E-state index in [1.54, 1.807) is 31.3 Å².